The van der Waals surface area contributed by atoms with Gasteiger partial charge in [-0.05, 0) is 50.9 Å². The van der Waals surface area contributed by atoms with Crippen LogP contribution in [-0.4, -0.2) is 36.0 Å². The first-order valence-corrected chi connectivity index (χ1v) is 8.63. The molecule has 124 valence electrons. The maximum atomic E-state index is 10.9. The lowest BCUT2D eigenvalue weighted by atomic mass is 9.78. The van der Waals surface area contributed by atoms with E-state index in [-0.39, 0.29) is 5.91 Å². The Labute approximate surface area is 132 Å². The molecule has 5 nitrogen and oxygen atoms in total. The molecule has 3 rings (SSSR count). The molecule has 1 aliphatic carbocycles. The number of rotatable bonds is 9. The zero-order chi connectivity index (χ0) is 15.4. The normalized spacial score (nSPS) is 33.7. The van der Waals surface area contributed by atoms with Gasteiger partial charge in [0.1, 0.15) is 0 Å². The number of hydrogen-bond donors (Lipinski definition) is 2. The molecule has 22 heavy (non-hydrogen) atoms. The van der Waals surface area contributed by atoms with Gasteiger partial charge in [-0.2, -0.15) is 0 Å². The number of hydroxylamine groups is 1. The van der Waals surface area contributed by atoms with E-state index in [9.17, 15) is 4.79 Å². The Balaban J connectivity index is 1.38. The minimum absolute atomic E-state index is 0.313. The molecule has 2 heterocycles. The number of fused-ring (bicyclic) bond motifs is 2. The summed E-state index contributed by atoms with van der Waals surface area (Å²) in [4.78, 5) is 10.9. The van der Waals surface area contributed by atoms with Gasteiger partial charge in [-0.3, -0.25) is 10.0 Å². The fraction of sp³-hybridized carbons (Fsp3) is 0.824. The fourth-order valence-corrected chi connectivity index (χ4v) is 3.72. The Morgan fingerprint density at radius 1 is 1.18 bits per heavy atom. The van der Waals surface area contributed by atoms with Crippen molar-refractivity contribution < 1.29 is 19.5 Å². The van der Waals surface area contributed by atoms with Crippen LogP contribution in [0.5, 0.6) is 0 Å². The van der Waals surface area contributed by atoms with Crippen molar-refractivity contribution in [2.75, 3.05) is 6.61 Å². The van der Waals surface area contributed by atoms with E-state index in [4.69, 9.17) is 14.7 Å². The van der Waals surface area contributed by atoms with E-state index in [1.54, 1.807) is 5.48 Å². The second kappa shape index (κ2) is 7.57. The van der Waals surface area contributed by atoms with Gasteiger partial charge >= 0.3 is 0 Å². The largest absolute Gasteiger partial charge is 0.378 e. The summed E-state index contributed by atoms with van der Waals surface area (Å²) < 4.78 is 12.0. The number of amides is 1. The predicted octanol–water partition coefficient (Wildman–Crippen LogP) is 2.58. The van der Waals surface area contributed by atoms with Crippen molar-refractivity contribution >= 4 is 5.91 Å². The maximum absolute atomic E-state index is 10.9. The SMILES string of the molecule is O=C(CCC/C=C\C[C@H]1[C@@H](COC2CC2)[C@H]2CC[C@@H]1O2)NO. The molecule has 1 saturated carbocycles. The number of hydrogen-bond acceptors (Lipinski definition) is 4. The first kappa shape index (κ1) is 16.0. The number of nitrogens with one attached hydrogen (secondary N) is 1. The highest BCUT2D eigenvalue weighted by atomic mass is 16.5. The van der Waals surface area contributed by atoms with Crippen LogP contribution in [0.4, 0.5) is 0 Å². The van der Waals surface area contributed by atoms with Crippen LogP contribution in [0.25, 0.3) is 0 Å². The molecule has 5 heteroatoms. The van der Waals surface area contributed by atoms with E-state index >= 15 is 0 Å². The van der Waals surface area contributed by atoms with Gasteiger partial charge in [0.15, 0.2) is 0 Å². The number of ether oxygens (including phenoxy) is 2. The molecule has 0 aromatic rings. The number of carbonyl (C=O) groups is 1. The standard InChI is InChI=1S/C17H27NO4/c19-17(18-20)6-4-2-1-3-5-13-14(11-21-12-7-8-12)16-10-9-15(13)22-16/h1,3,12-16,20H,2,4-11H2,(H,18,19)/b3-1-/t13-,14+,15-,16+/m0/s1. The van der Waals surface area contributed by atoms with Crippen LogP contribution >= 0.6 is 0 Å². The highest BCUT2D eigenvalue weighted by molar-refractivity contribution is 5.74. The summed E-state index contributed by atoms with van der Waals surface area (Å²) in [6, 6.07) is 0. The molecule has 3 aliphatic rings. The Bertz CT molecular complexity index is 407. The van der Waals surface area contributed by atoms with Crippen LogP contribution in [0, 0.1) is 11.8 Å². The van der Waals surface area contributed by atoms with Gasteiger partial charge < -0.3 is 9.47 Å². The van der Waals surface area contributed by atoms with Crippen LogP contribution in [0.2, 0.25) is 0 Å². The Hall–Kier alpha value is -0.910. The molecule has 2 aliphatic heterocycles. The molecule has 0 radical (unpaired) electrons. The summed E-state index contributed by atoms with van der Waals surface area (Å²) >= 11 is 0. The topological polar surface area (TPSA) is 67.8 Å². The summed E-state index contributed by atoms with van der Waals surface area (Å²) in [7, 11) is 0. The average Bonchev–Trinajstić information content (AvgIpc) is 3.15. The van der Waals surface area contributed by atoms with Gasteiger partial charge in [0.25, 0.3) is 0 Å². The molecule has 0 unspecified atom stereocenters. The monoisotopic (exact) mass is 309 g/mol. The fourth-order valence-electron chi connectivity index (χ4n) is 3.72. The van der Waals surface area contributed by atoms with Crippen LogP contribution in [0.1, 0.15) is 51.4 Å². The van der Waals surface area contributed by atoms with Crippen molar-refractivity contribution in [2.45, 2.75) is 69.7 Å². The van der Waals surface area contributed by atoms with Gasteiger partial charge in [0.05, 0.1) is 24.9 Å². The van der Waals surface area contributed by atoms with Gasteiger partial charge in [0.2, 0.25) is 5.91 Å². The first-order chi connectivity index (χ1) is 10.8. The number of carbonyl (C=O) groups excluding carboxylic acids is 1. The van der Waals surface area contributed by atoms with Crippen molar-refractivity contribution in [1.29, 1.82) is 0 Å². The van der Waals surface area contributed by atoms with Crippen LogP contribution in [-0.2, 0) is 14.3 Å². The molecule has 0 aromatic heterocycles. The Kier molecular flexibility index (Phi) is 5.50. The lowest BCUT2D eigenvalue weighted by Crippen LogP contribution is -2.30. The highest BCUT2D eigenvalue weighted by Crippen LogP contribution is 2.45. The van der Waals surface area contributed by atoms with E-state index in [1.807, 2.05) is 0 Å². The van der Waals surface area contributed by atoms with Crippen molar-refractivity contribution in [3.05, 3.63) is 12.2 Å². The minimum Gasteiger partial charge on any atom is -0.378 e. The van der Waals surface area contributed by atoms with Gasteiger partial charge in [0, 0.05) is 12.3 Å². The molecular weight excluding hydrogens is 282 g/mol. The molecule has 4 atom stereocenters. The zero-order valence-corrected chi connectivity index (χ0v) is 13.1. The second-order valence-electron chi connectivity index (χ2n) is 6.79. The van der Waals surface area contributed by atoms with Crippen molar-refractivity contribution in [3.63, 3.8) is 0 Å². The molecular formula is C17H27NO4. The second-order valence-corrected chi connectivity index (χ2v) is 6.79. The van der Waals surface area contributed by atoms with Crippen molar-refractivity contribution in [1.82, 2.24) is 5.48 Å². The van der Waals surface area contributed by atoms with Crippen LogP contribution in [0.3, 0.4) is 0 Å². The molecule has 1 amide bonds. The van der Waals surface area contributed by atoms with Crippen LogP contribution in [0.15, 0.2) is 12.2 Å². The summed E-state index contributed by atoms with van der Waals surface area (Å²) in [5.74, 6) is 0.839. The summed E-state index contributed by atoms with van der Waals surface area (Å²) in [6.45, 7) is 0.862. The third-order valence-electron chi connectivity index (χ3n) is 5.11. The number of allylic oxidation sites excluding steroid dienone is 2. The van der Waals surface area contributed by atoms with E-state index in [1.165, 1.54) is 25.7 Å². The molecule has 0 aromatic carbocycles. The average molecular weight is 309 g/mol. The van der Waals surface area contributed by atoms with Crippen molar-refractivity contribution in [2.24, 2.45) is 11.8 Å². The number of unbranched alkanes of at least 4 members (excludes halogenated alkanes) is 1. The van der Waals surface area contributed by atoms with Gasteiger partial charge in [-0.1, -0.05) is 12.2 Å². The van der Waals surface area contributed by atoms with E-state index in [0.29, 0.717) is 36.6 Å². The highest BCUT2D eigenvalue weighted by Gasteiger charge is 2.48. The zero-order valence-electron chi connectivity index (χ0n) is 13.1. The lowest BCUT2D eigenvalue weighted by Gasteiger charge is -2.27. The lowest BCUT2D eigenvalue weighted by molar-refractivity contribution is -0.129. The Morgan fingerprint density at radius 3 is 2.68 bits per heavy atom. The third kappa shape index (κ3) is 4.09. The van der Waals surface area contributed by atoms with Crippen LogP contribution < -0.4 is 5.48 Å². The van der Waals surface area contributed by atoms with Gasteiger partial charge in [-0.25, -0.2) is 5.48 Å². The molecule has 3 fully saturated rings. The quantitative estimate of drug-likeness (QED) is 0.297. The Morgan fingerprint density at radius 2 is 1.95 bits per heavy atom. The predicted molar refractivity (Wildman–Crippen MR) is 81.4 cm³/mol. The first-order valence-electron chi connectivity index (χ1n) is 8.63. The smallest absolute Gasteiger partial charge is 0.243 e. The third-order valence-corrected chi connectivity index (χ3v) is 5.11. The summed E-state index contributed by atoms with van der Waals surface area (Å²) in [5.41, 5.74) is 1.66. The molecule has 2 saturated heterocycles. The van der Waals surface area contributed by atoms with E-state index in [2.05, 4.69) is 12.2 Å². The molecule has 0 spiro atoms. The molecule has 2 N–H and O–H groups in total. The van der Waals surface area contributed by atoms with Crippen molar-refractivity contribution in [3.8, 4) is 0 Å². The summed E-state index contributed by atoms with van der Waals surface area (Å²) in [6.07, 6.45) is 13.6. The van der Waals surface area contributed by atoms with E-state index in [0.717, 1.165) is 25.9 Å². The minimum atomic E-state index is -0.313. The van der Waals surface area contributed by atoms with E-state index < -0.39 is 0 Å². The maximum Gasteiger partial charge on any atom is 0.243 e. The summed E-state index contributed by atoms with van der Waals surface area (Å²) in [5, 5.41) is 8.42. The van der Waals surface area contributed by atoms with Gasteiger partial charge in [-0.15, -0.1) is 0 Å². The molecule has 2 bridgehead atoms.